The van der Waals surface area contributed by atoms with Crippen molar-refractivity contribution in [3.05, 3.63) is 24.3 Å². The molecule has 0 saturated heterocycles. The molecule has 126 valence electrons. The first-order chi connectivity index (χ1) is 11.1. The first-order valence-electron chi connectivity index (χ1n) is 7.86. The highest BCUT2D eigenvalue weighted by Gasteiger charge is 2.21. The molecular weight excluding hydrogens is 328 g/mol. The third-order valence-corrected chi connectivity index (χ3v) is 4.50. The molecule has 2 atom stereocenters. The van der Waals surface area contributed by atoms with Crippen LogP contribution in [0.1, 0.15) is 32.6 Å². The standard InChI is InChI=1S/C16H24N4OS2/c1-11-7-3-4-8-12(11)17-15(22)19-20-16(23)18-13-9-5-6-10-14(13)21-2/h5-6,9-12H,3-4,7-8H2,1-2H3,(H2,17,19,22)(H2,18,20,23)/t11-,12+/m1/s1. The monoisotopic (exact) mass is 352 g/mol. The summed E-state index contributed by atoms with van der Waals surface area (Å²) in [7, 11) is 1.62. The van der Waals surface area contributed by atoms with Crippen molar-refractivity contribution >= 4 is 40.3 Å². The van der Waals surface area contributed by atoms with Crippen LogP contribution >= 0.6 is 24.4 Å². The molecule has 23 heavy (non-hydrogen) atoms. The Kier molecular flexibility index (Phi) is 6.85. The molecule has 1 aromatic carbocycles. The quantitative estimate of drug-likeness (QED) is 0.493. The van der Waals surface area contributed by atoms with Gasteiger partial charge in [0.05, 0.1) is 12.8 Å². The van der Waals surface area contributed by atoms with Gasteiger partial charge in [-0.05, 0) is 55.3 Å². The van der Waals surface area contributed by atoms with Crippen LogP contribution in [0, 0.1) is 5.92 Å². The number of hydrogen-bond donors (Lipinski definition) is 4. The molecule has 0 aliphatic heterocycles. The van der Waals surface area contributed by atoms with Crippen molar-refractivity contribution in [1.29, 1.82) is 0 Å². The van der Waals surface area contributed by atoms with Gasteiger partial charge in [0.1, 0.15) is 5.75 Å². The van der Waals surface area contributed by atoms with Crippen LogP contribution in [-0.2, 0) is 0 Å². The van der Waals surface area contributed by atoms with Crippen LogP contribution in [0.25, 0.3) is 0 Å². The van der Waals surface area contributed by atoms with Crippen LogP contribution in [0.3, 0.4) is 0 Å². The summed E-state index contributed by atoms with van der Waals surface area (Å²) in [4.78, 5) is 0. The number of ether oxygens (including phenoxy) is 1. The Hall–Kier alpha value is -1.60. The van der Waals surface area contributed by atoms with E-state index in [1.165, 1.54) is 19.3 Å². The van der Waals surface area contributed by atoms with Crippen molar-refractivity contribution in [3.63, 3.8) is 0 Å². The van der Waals surface area contributed by atoms with E-state index in [1.54, 1.807) is 7.11 Å². The normalized spacial score (nSPS) is 20.3. The topological polar surface area (TPSA) is 57.4 Å². The fraction of sp³-hybridized carbons (Fsp3) is 0.500. The molecule has 5 nitrogen and oxygen atoms in total. The first-order valence-corrected chi connectivity index (χ1v) is 8.68. The summed E-state index contributed by atoms with van der Waals surface area (Å²) >= 11 is 10.6. The van der Waals surface area contributed by atoms with Crippen molar-refractivity contribution < 1.29 is 4.74 Å². The lowest BCUT2D eigenvalue weighted by Gasteiger charge is -2.30. The molecule has 1 aliphatic rings. The summed E-state index contributed by atoms with van der Waals surface area (Å²) in [5.74, 6) is 1.37. The molecule has 2 rings (SSSR count). The number of hydrazine groups is 1. The zero-order valence-electron chi connectivity index (χ0n) is 13.5. The predicted molar refractivity (Wildman–Crippen MR) is 103 cm³/mol. The minimum Gasteiger partial charge on any atom is -0.495 e. The Morgan fingerprint density at radius 3 is 2.52 bits per heavy atom. The van der Waals surface area contributed by atoms with Crippen LogP contribution in [-0.4, -0.2) is 23.4 Å². The molecule has 0 aromatic heterocycles. The zero-order valence-corrected chi connectivity index (χ0v) is 15.2. The lowest BCUT2D eigenvalue weighted by atomic mass is 9.86. The first kappa shape index (κ1) is 17.7. The molecule has 1 saturated carbocycles. The third-order valence-electron chi connectivity index (χ3n) is 4.07. The number of para-hydroxylation sites is 2. The van der Waals surface area contributed by atoms with Gasteiger partial charge in [-0.3, -0.25) is 10.9 Å². The Bertz CT molecular complexity index is 553. The minimum atomic E-state index is 0.426. The maximum absolute atomic E-state index is 5.32. The Morgan fingerprint density at radius 2 is 1.78 bits per heavy atom. The van der Waals surface area contributed by atoms with E-state index in [0.717, 1.165) is 17.9 Å². The number of benzene rings is 1. The van der Waals surface area contributed by atoms with Gasteiger partial charge in [-0.1, -0.05) is 31.9 Å². The van der Waals surface area contributed by atoms with E-state index in [4.69, 9.17) is 29.2 Å². The van der Waals surface area contributed by atoms with Gasteiger partial charge < -0.3 is 15.4 Å². The number of anilines is 1. The molecule has 0 bridgehead atoms. The van der Waals surface area contributed by atoms with Gasteiger partial charge in [0.25, 0.3) is 0 Å². The smallest absolute Gasteiger partial charge is 0.189 e. The second-order valence-electron chi connectivity index (χ2n) is 5.75. The zero-order chi connectivity index (χ0) is 16.7. The summed E-state index contributed by atoms with van der Waals surface area (Å²) in [6.07, 6.45) is 4.98. The van der Waals surface area contributed by atoms with E-state index in [-0.39, 0.29) is 0 Å². The van der Waals surface area contributed by atoms with Gasteiger partial charge in [-0.15, -0.1) is 0 Å². The molecule has 0 radical (unpaired) electrons. The van der Waals surface area contributed by atoms with Gasteiger partial charge in [0.15, 0.2) is 10.2 Å². The lowest BCUT2D eigenvalue weighted by molar-refractivity contribution is 0.308. The van der Waals surface area contributed by atoms with Crippen LogP contribution in [0.15, 0.2) is 24.3 Å². The van der Waals surface area contributed by atoms with E-state index in [2.05, 4.69) is 28.4 Å². The predicted octanol–water partition coefficient (Wildman–Crippen LogP) is 2.94. The average Bonchev–Trinajstić information content (AvgIpc) is 2.55. The third kappa shape index (κ3) is 5.51. The van der Waals surface area contributed by atoms with Crippen LogP contribution in [0.5, 0.6) is 5.75 Å². The molecule has 0 unspecified atom stereocenters. The molecule has 0 spiro atoms. The fourth-order valence-electron chi connectivity index (χ4n) is 2.75. The van der Waals surface area contributed by atoms with E-state index >= 15 is 0 Å². The maximum atomic E-state index is 5.32. The minimum absolute atomic E-state index is 0.426. The fourth-order valence-corrected chi connectivity index (χ4v) is 3.11. The number of thiocarbonyl (C=S) groups is 2. The largest absolute Gasteiger partial charge is 0.495 e. The second-order valence-corrected chi connectivity index (χ2v) is 6.56. The molecule has 7 heteroatoms. The highest BCUT2D eigenvalue weighted by Crippen LogP contribution is 2.24. The summed E-state index contributed by atoms with van der Waals surface area (Å²) in [5, 5.41) is 7.42. The van der Waals surface area contributed by atoms with E-state index in [9.17, 15) is 0 Å². The van der Waals surface area contributed by atoms with E-state index < -0.39 is 0 Å². The lowest BCUT2D eigenvalue weighted by Crippen LogP contribution is -2.52. The van der Waals surface area contributed by atoms with Gasteiger partial charge in [-0.25, -0.2) is 0 Å². The summed E-state index contributed by atoms with van der Waals surface area (Å²) < 4.78 is 5.28. The van der Waals surface area contributed by atoms with Gasteiger partial charge in [-0.2, -0.15) is 0 Å². The molecular formula is C16H24N4OS2. The summed E-state index contributed by atoms with van der Waals surface area (Å²) in [6, 6.07) is 8.02. The maximum Gasteiger partial charge on any atom is 0.189 e. The summed E-state index contributed by atoms with van der Waals surface area (Å²) in [5.41, 5.74) is 6.63. The van der Waals surface area contributed by atoms with Crippen molar-refractivity contribution in [2.24, 2.45) is 5.92 Å². The molecule has 1 aromatic rings. The average molecular weight is 353 g/mol. The number of hydrogen-bond acceptors (Lipinski definition) is 3. The highest BCUT2D eigenvalue weighted by molar-refractivity contribution is 7.80. The summed E-state index contributed by atoms with van der Waals surface area (Å²) in [6.45, 7) is 2.26. The van der Waals surface area contributed by atoms with Crippen molar-refractivity contribution in [3.8, 4) is 5.75 Å². The van der Waals surface area contributed by atoms with Gasteiger partial charge in [0.2, 0.25) is 0 Å². The molecule has 4 N–H and O–H groups in total. The number of rotatable bonds is 3. The molecule has 0 amide bonds. The van der Waals surface area contributed by atoms with E-state index in [1.807, 2.05) is 24.3 Å². The van der Waals surface area contributed by atoms with E-state index in [0.29, 0.717) is 22.2 Å². The number of methoxy groups -OCH3 is 1. The van der Waals surface area contributed by atoms with Crippen molar-refractivity contribution in [2.45, 2.75) is 38.6 Å². The van der Waals surface area contributed by atoms with Gasteiger partial charge >= 0.3 is 0 Å². The SMILES string of the molecule is COc1ccccc1NC(=S)NNC(=S)N[C@H]1CCCC[C@H]1C. The highest BCUT2D eigenvalue weighted by atomic mass is 32.1. The Morgan fingerprint density at radius 1 is 1.09 bits per heavy atom. The Balaban J connectivity index is 1.76. The van der Waals surface area contributed by atoms with Crippen molar-refractivity contribution in [2.75, 3.05) is 12.4 Å². The van der Waals surface area contributed by atoms with Crippen LogP contribution in [0.4, 0.5) is 5.69 Å². The number of nitrogens with one attached hydrogen (secondary N) is 4. The van der Waals surface area contributed by atoms with Crippen molar-refractivity contribution in [1.82, 2.24) is 16.2 Å². The second kappa shape index (κ2) is 8.88. The van der Waals surface area contributed by atoms with Gasteiger partial charge in [0, 0.05) is 6.04 Å². The Labute approximate surface area is 148 Å². The molecule has 1 aliphatic carbocycles. The molecule has 1 fully saturated rings. The van der Waals surface area contributed by atoms with Crippen LogP contribution in [0.2, 0.25) is 0 Å². The van der Waals surface area contributed by atoms with Crippen LogP contribution < -0.4 is 26.2 Å². The molecule has 0 heterocycles.